The number of aromatic nitrogens is 2. The summed E-state index contributed by atoms with van der Waals surface area (Å²) < 4.78 is 7.49. The molecule has 0 radical (unpaired) electrons. The van der Waals surface area contributed by atoms with Crippen LogP contribution in [0.3, 0.4) is 0 Å². The zero-order chi connectivity index (χ0) is 20.6. The third-order valence-electron chi connectivity index (χ3n) is 6.50. The Morgan fingerprint density at radius 1 is 0.767 bits per heavy atom. The van der Waals surface area contributed by atoms with Gasteiger partial charge >= 0.3 is 0 Å². The lowest BCUT2D eigenvalue weighted by atomic mass is 10.0. The Kier molecular flexibility index (Phi) is 3.63. The average molecular weight is 408 g/mol. The molecular formula is C27H23N2S+. The van der Waals surface area contributed by atoms with E-state index in [0.717, 1.165) is 0 Å². The van der Waals surface area contributed by atoms with E-state index in [1.165, 1.54) is 64.6 Å². The van der Waals surface area contributed by atoms with E-state index in [2.05, 4.69) is 104 Å². The predicted molar refractivity (Wildman–Crippen MR) is 129 cm³/mol. The van der Waals surface area contributed by atoms with Crippen LogP contribution in [0.1, 0.15) is 16.7 Å². The highest BCUT2D eigenvalue weighted by molar-refractivity contribution is 7.25. The smallest absolute Gasteiger partial charge is 0.228 e. The molecule has 3 aromatic carbocycles. The first-order valence-corrected chi connectivity index (χ1v) is 11.2. The summed E-state index contributed by atoms with van der Waals surface area (Å²) in [5, 5.41) is 3.97. The number of benzene rings is 3. The van der Waals surface area contributed by atoms with Gasteiger partial charge in [-0.05, 0) is 68.3 Å². The van der Waals surface area contributed by atoms with E-state index < -0.39 is 0 Å². The van der Waals surface area contributed by atoms with Gasteiger partial charge < -0.3 is 0 Å². The van der Waals surface area contributed by atoms with Crippen molar-refractivity contribution < 1.29 is 4.57 Å². The molecule has 146 valence electrons. The number of hydrogen-bond donors (Lipinski definition) is 0. The Morgan fingerprint density at radius 2 is 1.60 bits per heavy atom. The zero-order valence-electron chi connectivity index (χ0n) is 17.7. The first kappa shape index (κ1) is 17.7. The van der Waals surface area contributed by atoms with E-state index in [1.807, 2.05) is 11.3 Å². The second-order valence-electron chi connectivity index (χ2n) is 8.32. The van der Waals surface area contributed by atoms with Gasteiger partial charge in [0, 0.05) is 26.9 Å². The van der Waals surface area contributed by atoms with E-state index in [9.17, 15) is 0 Å². The summed E-state index contributed by atoms with van der Waals surface area (Å²) in [6.45, 7) is 6.63. The van der Waals surface area contributed by atoms with E-state index in [1.54, 1.807) is 0 Å². The Bertz CT molecular complexity index is 1630. The molecule has 0 aliphatic heterocycles. The molecule has 3 heterocycles. The van der Waals surface area contributed by atoms with Gasteiger partial charge in [-0.25, -0.2) is 4.57 Å². The summed E-state index contributed by atoms with van der Waals surface area (Å²) in [6.07, 6.45) is 0. The molecular weight excluding hydrogens is 384 g/mol. The van der Waals surface area contributed by atoms with Gasteiger partial charge in [-0.2, -0.15) is 4.57 Å². The minimum atomic E-state index is 1.20. The van der Waals surface area contributed by atoms with Crippen LogP contribution in [0, 0.1) is 20.8 Å². The largest absolute Gasteiger partial charge is 0.287 e. The van der Waals surface area contributed by atoms with E-state index in [-0.39, 0.29) is 0 Å². The normalized spacial score (nSPS) is 12.0. The van der Waals surface area contributed by atoms with Crippen molar-refractivity contribution in [2.75, 3.05) is 0 Å². The molecule has 0 unspecified atom stereocenters. The van der Waals surface area contributed by atoms with Crippen molar-refractivity contribution in [3.63, 3.8) is 0 Å². The number of hydrogen-bond acceptors (Lipinski definition) is 1. The lowest BCUT2D eigenvalue weighted by Gasteiger charge is -2.08. The highest BCUT2D eigenvalue weighted by Crippen LogP contribution is 2.36. The molecule has 0 saturated heterocycles. The summed E-state index contributed by atoms with van der Waals surface area (Å²) in [5.74, 6) is 1.20. The number of rotatable bonds is 1. The number of fused-ring (bicyclic) bond motifs is 6. The Balaban J connectivity index is 1.83. The first-order valence-electron chi connectivity index (χ1n) is 10.4. The van der Waals surface area contributed by atoms with Crippen LogP contribution in [0.15, 0.2) is 66.7 Å². The van der Waals surface area contributed by atoms with E-state index in [0.29, 0.717) is 0 Å². The van der Waals surface area contributed by atoms with Crippen LogP contribution in [0.5, 0.6) is 0 Å². The van der Waals surface area contributed by atoms with E-state index >= 15 is 0 Å². The molecule has 2 nitrogen and oxygen atoms in total. The molecule has 0 bridgehead atoms. The van der Waals surface area contributed by atoms with Gasteiger partial charge in [-0.15, -0.1) is 11.3 Å². The molecule has 0 amide bonds. The first-order chi connectivity index (χ1) is 14.5. The SMILES string of the molecule is Cc1ccc2c(c1)c1ccc(C)c(C)c1n2-c1ccc2sc3ccccc3c2[n+]1C. The van der Waals surface area contributed by atoms with Crippen molar-refractivity contribution in [1.29, 1.82) is 0 Å². The zero-order valence-corrected chi connectivity index (χ0v) is 18.5. The molecule has 0 atom stereocenters. The van der Waals surface area contributed by atoms with Crippen molar-refractivity contribution in [3.8, 4) is 5.82 Å². The molecule has 3 aromatic heterocycles. The second-order valence-corrected chi connectivity index (χ2v) is 9.41. The van der Waals surface area contributed by atoms with Gasteiger partial charge in [0.25, 0.3) is 5.82 Å². The number of nitrogens with zero attached hydrogens (tertiary/aromatic N) is 2. The maximum Gasteiger partial charge on any atom is 0.287 e. The topological polar surface area (TPSA) is 8.81 Å². The van der Waals surface area contributed by atoms with Gasteiger partial charge in [-0.1, -0.05) is 29.8 Å². The maximum absolute atomic E-state index is 2.46. The minimum absolute atomic E-state index is 1.20. The standard InChI is InChI=1S/C27H23N2S/c1-16-9-12-22-21(15-16)19-11-10-17(2)18(3)26(19)29(22)25-14-13-24-27(28(25)4)20-7-5-6-8-23(20)30-24/h5-15H,1-4H3/q+1. The summed E-state index contributed by atoms with van der Waals surface area (Å²) in [4.78, 5) is 0. The van der Waals surface area contributed by atoms with Crippen LogP contribution >= 0.6 is 11.3 Å². The van der Waals surface area contributed by atoms with Crippen LogP contribution < -0.4 is 4.57 Å². The van der Waals surface area contributed by atoms with Gasteiger partial charge in [0.05, 0.1) is 11.7 Å². The lowest BCUT2D eigenvalue weighted by molar-refractivity contribution is -0.637. The van der Waals surface area contributed by atoms with E-state index in [4.69, 9.17) is 0 Å². The van der Waals surface area contributed by atoms with Gasteiger partial charge in [0.15, 0.2) is 5.52 Å². The van der Waals surface area contributed by atoms with Crippen LogP contribution in [-0.4, -0.2) is 4.57 Å². The van der Waals surface area contributed by atoms with Crippen LogP contribution in [-0.2, 0) is 7.05 Å². The fourth-order valence-electron chi connectivity index (χ4n) is 4.84. The molecule has 3 heteroatoms. The summed E-state index contributed by atoms with van der Waals surface area (Å²) in [6, 6.07) is 24.6. The molecule has 0 aliphatic carbocycles. The Labute approximate surface area is 179 Å². The van der Waals surface area contributed by atoms with Crippen molar-refractivity contribution in [2.24, 2.45) is 7.05 Å². The number of thiophene rings is 1. The third kappa shape index (κ3) is 2.27. The fraction of sp³-hybridized carbons (Fsp3) is 0.148. The van der Waals surface area contributed by atoms with Gasteiger partial charge in [-0.3, -0.25) is 0 Å². The number of pyridine rings is 1. The summed E-state index contributed by atoms with van der Waals surface area (Å²) >= 11 is 1.87. The molecule has 0 aliphatic rings. The van der Waals surface area contributed by atoms with Gasteiger partial charge in [0.2, 0.25) is 0 Å². The molecule has 6 aromatic rings. The van der Waals surface area contributed by atoms with Crippen molar-refractivity contribution in [1.82, 2.24) is 4.57 Å². The fourth-order valence-corrected chi connectivity index (χ4v) is 5.97. The quantitative estimate of drug-likeness (QED) is 0.262. The maximum atomic E-state index is 2.46. The Hall–Kier alpha value is -3.17. The molecule has 6 rings (SSSR count). The van der Waals surface area contributed by atoms with Crippen LogP contribution in [0.2, 0.25) is 0 Å². The molecule has 0 spiro atoms. The monoisotopic (exact) mass is 407 g/mol. The molecule has 0 N–H and O–H groups in total. The molecule has 0 saturated carbocycles. The van der Waals surface area contributed by atoms with Gasteiger partial charge in [0.1, 0.15) is 11.0 Å². The second kappa shape index (κ2) is 6.16. The minimum Gasteiger partial charge on any atom is -0.228 e. The third-order valence-corrected chi connectivity index (χ3v) is 7.62. The van der Waals surface area contributed by atoms with Crippen molar-refractivity contribution in [2.45, 2.75) is 20.8 Å². The predicted octanol–water partition coefficient (Wildman–Crippen LogP) is 6.90. The summed E-state index contributed by atoms with van der Waals surface area (Å²) in [5.41, 5.74) is 7.84. The van der Waals surface area contributed by atoms with Crippen molar-refractivity contribution in [3.05, 3.63) is 83.4 Å². The average Bonchev–Trinajstić information content (AvgIpc) is 3.27. The Morgan fingerprint density at radius 3 is 2.47 bits per heavy atom. The highest BCUT2D eigenvalue weighted by Gasteiger charge is 2.24. The van der Waals surface area contributed by atoms with Crippen molar-refractivity contribution >= 4 is 53.4 Å². The van der Waals surface area contributed by atoms with Crippen LogP contribution in [0.4, 0.5) is 0 Å². The lowest BCUT2D eigenvalue weighted by Crippen LogP contribution is -2.34. The molecule has 30 heavy (non-hydrogen) atoms. The number of aryl methyl sites for hydroxylation is 4. The summed E-state index contributed by atoms with van der Waals surface area (Å²) in [7, 11) is 2.20. The highest BCUT2D eigenvalue weighted by atomic mass is 32.1. The molecule has 0 fully saturated rings. The van der Waals surface area contributed by atoms with Crippen LogP contribution in [0.25, 0.3) is 47.9 Å².